The Morgan fingerprint density at radius 2 is 2.23 bits per heavy atom. The topological polar surface area (TPSA) is 90.1 Å². The fraction of sp³-hybridized carbons (Fsp3) is 0.211. The van der Waals surface area contributed by atoms with Gasteiger partial charge in [-0.15, -0.1) is 11.3 Å². The number of hydrogen-bond donors (Lipinski definition) is 3. The van der Waals surface area contributed by atoms with Crippen LogP contribution in [0.25, 0.3) is 11.1 Å². The van der Waals surface area contributed by atoms with Gasteiger partial charge in [0.05, 0.1) is 27.2 Å². The van der Waals surface area contributed by atoms with E-state index in [9.17, 15) is 13.4 Å². The Hall–Kier alpha value is -2.24. The van der Waals surface area contributed by atoms with Gasteiger partial charge in [0.15, 0.2) is 0 Å². The van der Waals surface area contributed by atoms with Crippen molar-refractivity contribution in [3.8, 4) is 11.1 Å². The zero-order valence-electron chi connectivity index (χ0n) is 15.9. The van der Waals surface area contributed by atoms with Gasteiger partial charge in [0, 0.05) is 29.4 Å². The third kappa shape index (κ3) is 4.14. The molecule has 3 aromatic rings. The lowest BCUT2D eigenvalue weighted by Crippen LogP contribution is -2.55. The van der Waals surface area contributed by atoms with Gasteiger partial charge in [-0.1, -0.05) is 11.6 Å². The van der Waals surface area contributed by atoms with E-state index >= 15 is 0 Å². The van der Waals surface area contributed by atoms with Gasteiger partial charge in [0.2, 0.25) is 5.91 Å². The Balaban J connectivity index is 1.57. The lowest BCUT2D eigenvalue weighted by molar-refractivity contribution is -0.120. The van der Waals surface area contributed by atoms with Crippen molar-refractivity contribution in [3.05, 3.63) is 57.8 Å². The van der Waals surface area contributed by atoms with Crippen LogP contribution in [0.15, 0.2) is 42.0 Å². The van der Waals surface area contributed by atoms with E-state index in [1.807, 2.05) is 11.4 Å². The number of halogens is 2. The van der Waals surface area contributed by atoms with Gasteiger partial charge >= 0.3 is 0 Å². The number of thiophene rings is 1. The first-order chi connectivity index (χ1) is 14.2. The highest BCUT2D eigenvalue weighted by Crippen LogP contribution is 2.35. The van der Waals surface area contributed by atoms with E-state index in [0.717, 1.165) is 16.0 Å². The fourth-order valence-corrected chi connectivity index (χ4v) is 5.94. The normalized spacial score (nSPS) is 24.6. The van der Waals surface area contributed by atoms with Gasteiger partial charge in [-0.2, -0.15) is 5.10 Å². The van der Waals surface area contributed by atoms with Crippen LogP contribution in [-0.2, 0) is 14.7 Å². The molecule has 3 atom stereocenters. The van der Waals surface area contributed by atoms with Crippen molar-refractivity contribution in [2.24, 2.45) is 0 Å². The number of anilines is 1. The molecule has 0 bridgehead atoms. The molecule has 4 rings (SSSR count). The minimum Gasteiger partial charge on any atom is -0.325 e. The Morgan fingerprint density at radius 3 is 2.93 bits per heavy atom. The summed E-state index contributed by atoms with van der Waals surface area (Å²) in [6.07, 6.45) is 3.90. The first-order valence-electron chi connectivity index (χ1n) is 8.95. The van der Waals surface area contributed by atoms with Gasteiger partial charge in [0.25, 0.3) is 0 Å². The molecule has 0 aliphatic carbocycles. The van der Waals surface area contributed by atoms with E-state index in [1.54, 1.807) is 19.4 Å². The molecule has 0 saturated carbocycles. The van der Waals surface area contributed by atoms with Crippen LogP contribution in [0.1, 0.15) is 17.3 Å². The van der Waals surface area contributed by atoms with Crippen LogP contribution < -0.4 is 10.0 Å². The third-order valence-electron chi connectivity index (χ3n) is 4.97. The molecule has 158 valence electrons. The second-order valence-electron chi connectivity index (χ2n) is 6.95. The summed E-state index contributed by atoms with van der Waals surface area (Å²) in [6, 6.07) is 4.92. The number of likely N-dealkylation sites (N-methyl/N-ethyl adjacent to an activating group) is 1. The minimum absolute atomic E-state index is 0.0874. The van der Waals surface area contributed by atoms with Gasteiger partial charge in [-0.3, -0.25) is 9.89 Å². The summed E-state index contributed by atoms with van der Waals surface area (Å²) in [5.41, 5.74) is 2.30. The number of rotatable bonds is 4. The molecule has 1 aliphatic rings. The first-order valence-corrected chi connectivity index (χ1v) is 11.9. The molecule has 3 N–H and O–H groups in total. The maximum Gasteiger partial charge on any atom is 0.242 e. The first kappa shape index (κ1) is 21.0. The molecule has 30 heavy (non-hydrogen) atoms. The van der Waals surface area contributed by atoms with Crippen LogP contribution in [0.5, 0.6) is 0 Å². The molecule has 3 heterocycles. The van der Waals surface area contributed by atoms with Gasteiger partial charge in [-0.25, -0.2) is 17.6 Å². The van der Waals surface area contributed by atoms with E-state index in [0.29, 0.717) is 12.1 Å². The summed E-state index contributed by atoms with van der Waals surface area (Å²) >= 11 is 7.31. The molecule has 1 fully saturated rings. The number of aromatic amines is 1. The summed E-state index contributed by atoms with van der Waals surface area (Å²) < 4.78 is 31.0. The quantitative estimate of drug-likeness (QED) is 0.513. The molecule has 7 nitrogen and oxygen atoms in total. The van der Waals surface area contributed by atoms with Crippen molar-refractivity contribution in [1.29, 1.82) is 0 Å². The fourth-order valence-electron chi connectivity index (χ4n) is 3.27. The molecule has 0 spiro atoms. The number of H-pyrrole nitrogens is 1. The number of hydrogen-bond acceptors (Lipinski definition) is 4. The number of amides is 1. The molecule has 11 heteroatoms. The Morgan fingerprint density at radius 1 is 1.43 bits per heavy atom. The highest BCUT2D eigenvalue weighted by molar-refractivity contribution is 7.96. The molecule has 1 aromatic carbocycles. The van der Waals surface area contributed by atoms with E-state index in [1.165, 1.54) is 33.8 Å². The number of carbonyl (C=O) groups excluding carboxylic acids is 1. The van der Waals surface area contributed by atoms with Crippen LogP contribution in [0.2, 0.25) is 5.02 Å². The second-order valence-corrected chi connectivity index (χ2v) is 10.4. The van der Waals surface area contributed by atoms with Crippen LogP contribution in [-0.4, -0.2) is 43.6 Å². The molecule has 1 amide bonds. The SMILES string of the molecule is C=S1(=O)N[C@@H](c2cc(-c3cn[nH]c3)cs2)C[C@@H](C(=O)Nc2ccc(F)c(Cl)c2)N1C. The van der Waals surface area contributed by atoms with Crippen LogP contribution in [0.3, 0.4) is 0 Å². The highest BCUT2D eigenvalue weighted by atomic mass is 35.5. The molecule has 2 aromatic heterocycles. The van der Waals surface area contributed by atoms with Crippen molar-refractivity contribution in [3.63, 3.8) is 0 Å². The average Bonchev–Trinajstić information content (AvgIpc) is 3.38. The standard InChI is InChI=1S/C19H19ClFN5O2S2/c1-26-17(19(27)24-13-3-4-15(21)14(20)6-13)7-16(25-30(26,2)28)18-5-11(10-29-18)12-8-22-23-9-12/h3-6,8-10,16-17H,2,7H2,1H3,(H,22,23)(H,24,27)(H,25,28)/t16-,17+,30?/m1/s1. The van der Waals surface area contributed by atoms with Crippen molar-refractivity contribution in [1.82, 2.24) is 19.2 Å². The van der Waals surface area contributed by atoms with Gasteiger partial charge in [0.1, 0.15) is 11.9 Å². The van der Waals surface area contributed by atoms with Gasteiger partial charge < -0.3 is 5.32 Å². The van der Waals surface area contributed by atoms with Gasteiger partial charge in [-0.05, 0) is 47.5 Å². The predicted octanol–water partition coefficient (Wildman–Crippen LogP) is 3.45. The van der Waals surface area contributed by atoms with E-state index < -0.39 is 21.8 Å². The number of nitrogens with one attached hydrogen (secondary N) is 3. The molecular formula is C19H19ClFN5O2S2. The van der Waals surface area contributed by atoms with Crippen molar-refractivity contribution < 1.29 is 13.4 Å². The summed E-state index contributed by atoms with van der Waals surface area (Å²) in [5, 5.41) is 11.4. The number of nitrogens with zero attached hydrogens (tertiary/aromatic N) is 2. The number of benzene rings is 1. The molecule has 1 aliphatic heterocycles. The third-order valence-corrected chi connectivity index (χ3v) is 8.15. The summed E-state index contributed by atoms with van der Waals surface area (Å²) in [6.45, 7) is 0. The summed E-state index contributed by atoms with van der Waals surface area (Å²) in [5.74, 6) is 2.85. The smallest absolute Gasteiger partial charge is 0.242 e. The second kappa shape index (κ2) is 8.12. The highest BCUT2D eigenvalue weighted by Gasteiger charge is 2.38. The molecule has 0 radical (unpaired) electrons. The number of carbonyl (C=O) groups is 1. The monoisotopic (exact) mass is 467 g/mol. The van der Waals surface area contributed by atoms with E-state index in [4.69, 9.17) is 11.6 Å². The van der Waals surface area contributed by atoms with Crippen LogP contribution in [0.4, 0.5) is 10.1 Å². The zero-order chi connectivity index (χ0) is 21.5. The largest absolute Gasteiger partial charge is 0.325 e. The minimum atomic E-state index is -2.88. The Bertz CT molecular complexity index is 1180. The van der Waals surface area contributed by atoms with Crippen molar-refractivity contribution >= 4 is 50.3 Å². The lowest BCUT2D eigenvalue weighted by atomic mass is 10.0. The maximum atomic E-state index is 13.4. The summed E-state index contributed by atoms with van der Waals surface area (Å²) in [7, 11) is -1.29. The lowest BCUT2D eigenvalue weighted by Gasteiger charge is -2.39. The van der Waals surface area contributed by atoms with Crippen molar-refractivity contribution in [2.45, 2.75) is 18.5 Å². The number of aromatic nitrogens is 2. The zero-order valence-corrected chi connectivity index (χ0v) is 18.3. The predicted molar refractivity (Wildman–Crippen MR) is 119 cm³/mol. The Kier molecular flexibility index (Phi) is 5.69. The molecular weight excluding hydrogens is 449 g/mol. The maximum absolute atomic E-state index is 13.4. The molecule has 1 unspecified atom stereocenters. The molecule has 1 saturated heterocycles. The van der Waals surface area contributed by atoms with E-state index in [-0.39, 0.29) is 17.0 Å². The van der Waals surface area contributed by atoms with E-state index in [2.05, 4.69) is 26.1 Å². The van der Waals surface area contributed by atoms with Crippen LogP contribution >= 0.6 is 22.9 Å². The average molecular weight is 468 g/mol. The van der Waals surface area contributed by atoms with Crippen LogP contribution in [0, 0.1) is 5.82 Å². The van der Waals surface area contributed by atoms with Crippen molar-refractivity contribution in [2.75, 3.05) is 12.4 Å². The summed E-state index contributed by atoms with van der Waals surface area (Å²) in [4.78, 5) is 13.9. The Labute approximate surface area is 182 Å².